The van der Waals surface area contributed by atoms with Gasteiger partial charge in [0.05, 0.1) is 25.0 Å². The highest BCUT2D eigenvalue weighted by Gasteiger charge is 2.40. The highest BCUT2D eigenvalue weighted by molar-refractivity contribution is 5.93. The molecule has 8 nitrogen and oxygen atoms in total. The number of ether oxygens (including phenoxy) is 2. The summed E-state index contributed by atoms with van der Waals surface area (Å²) in [6.45, 7) is 4.99. The first kappa shape index (κ1) is 16.9. The first-order valence-electron chi connectivity index (χ1n) is 9.95. The Bertz CT molecular complexity index is 1180. The third-order valence-electron chi connectivity index (χ3n) is 5.84. The molecule has 0 atom stereocenters. The second kappa shape index (κ2) is 6.27. The fraction of sp³-hybridized carbons (Fsp3) is 0.381. The Labute approximate surface area is 167 Å². The maximum absolute atomic E-state index is 5.89. The van der Waals surface area contributed by atoms with Crippen LogP contribution in [0.5, 0.6) is 0 Å². The predicted molar refractivity (Wildman–Crippen MR) is 107 cm³/mol. The first-order valence-corrected chi connectivity index (χ1v) is 9.95. The number of rotatable bonds is 2. The van der Waals surface area contributed by atoms with Gasteiger partial charge in [-0.25, -0.2) is 9.38 Å². The molecule has 29 heavy (non-hydrogen) atoms. The lowest BCUT2D eigenvalue weighted by molar-refractivity contribution is -0.169. The zero-order valence-electron chi connectivity index (χ0n) is 16.2. The third-order valence-corrected chi connectivity index (χ3v) is 5.84. The summed E-state index contributed by atoms with van der Waals surface area (Å²) in [5.41, 5.74) is 2.85. The van der Waals surface area contributed by atoms with Crippen LogP contribution in [0, 0.1) is 6.92 Å². The minimum absolute atomic E-state index is 0.430. The first-order chi connectivity index (χ1) is 14.2. The van der Waals surface area contributed by atoms with Gasteiger partial charge < -0.3 is 18.8 Å². The number of furan rings is 1. The Balaban J connectivity index is 1.52. The fourth-order valence-electron chi connectivity index (χ4n) is 4.34. The molecule has 1 spiro atoms. The highest BCUT2D eigenvalue weighted by atomic mass is 16.7. The molecule has 2 aliphatic rings. The second-order valence-corrected chi connectivity index (χ2v) is 7.69. The molecule has 8 heteroatoms. The molecule has 0 amide bonds. The van der Waals surface area contributed by atoms with E-state index in [1.807, 2.05) is 22.6 Å². The molecule has 0 saturated carbocycles. The lowest BCUT2D eigenvalue weighted by Gasteiger charge is -2.38. The van der Waals surface area contributed by atoms with E-state index in [1.165, 1.54) is 0 Å². The van der Waals surface area contributed by atoms with Crippen molar-refractivity contribution < 1.29 is 13.9 Å². The molecule has 0 radical (unpaired) electrons. The van der Waals surface area contributed by atoms with E-state index in [9.17, 15) is 0 Å². The molecule has 0 N–H and O–H groups in total. The lowest BCUT2D eigenvalue weighted by atomic mass is 10.0. The van der Waals surface area contributed by atoms with Crippen molar-refractivity contribution in [2.75, 3.05) is 31.2 Å². The van der Waals surface area contributed by atoms with Crippen molar-refractivity contribution in [3.05, 3.63) is 42.2 Å². The number of hydrogen-bond donors (Lipinski definition) is 0. The molecule has 148 valence electrons. The summed E-state index contributed by atoms with van der Waals surface area (Å²) >= 11 is 0. The van der Waals surface area contributed by atoms with Crippen molar-refractivity contribution in [2.45, 2.75) is 25.6 Å². The van der Waals surface area contributed by atoms with Crippen molar-refractivity contribution >= 4 is 22.5 Å². The van der Waals surface area contributed by atoms with E-state index >= 15 is 0 Å². The average Bonchev–Trinajstić information content (AvgIpc) is 3.49. The molecule has 6 rings (SSSR count). The molecule has 0 unspecified atom stereocenters. The standard InChI is InChI=1S/C21H21N5O3/c1-14-4-5-16-15(13-14)18-23-24-19(17-3-2-10-27-17)26(18)20(22-16)25-8-6-21(7-9-25)28-11-12-29-21/h2-5,10,13H,6-9,11-12H2,1H3. The molecular weight excluding hydrogens is 370 g/mol. The highest BCUT2D eigenvalue weighted by Crippen LogP contribution is 2.35. The summed E-state index contributed by atoms with van der Waals surface area (Å²) in [5.74, 6) is 1.72. The molecule has 2 aliphatic heterocycles. The van der Waals surface area contributed by atoms with Crippen LogP contribution in [0.3, 0.4) is 0 Å². The molecule has 2 saturated heterocycles. The van der Waals surface area contributed by atoms with E-state index in [2.05, 4.69) is 34.2 Å². The van der Waals surface area contributed by atoms with E-state index in [1.54, 1.807) is 6.26 Å². The Morgan fingerprint density at radius 3 is 2.62 bits per heavy atom. The molecule has 3 aromatic heterocycles. The van der Waals surface area contributed by atoms with Gasteiger partial charge in [-0.05, 0) is 31.2 Å². The maximum Gasteiger partial charge on any atom is 0.213 e. The number of anilines is 1. The van der Waals surface area contributed by atoms with E-state index in [4.69, 9.17) is 18.9 Å². The molecule has 1 aromatic carbocycles. The monoisotopic (exact) mass is 391 g/mol. The zero-order valence-corrected chi connectivity index (χ0v) is 16.2. The van der Waals surface area contributed by atoms with E-state index < -0.39 is 5.79 Å². The van der Waals surface area contributed by atoms with Gasteiger partial charge >= 0.3 is 0 Å². The quantitative estimate of drug-likeness (QED) is 0.519. The van der Waals surface area contributed by atoms with Crippen LogP contribution in [0.1, 0.15) is 18.4 Å². The van der Waals surface area contributed by atoms with Crippen LogP contribution in [-0.4, -0.2) is 51.7 Å². The van der Waals surface area contributed by atoms with Gasteiger partial charge in [0.1, 0.15) is 0 Å². The topological polar surface area (TPSA) is 77.9 Å². The van der Waals surface area contributed by atoms with Crippen molar-refractivity contribution in [3.8, 4) is 11.6 Å². The average molecular weight is 391 g/mol. The predicted octanol–water partition coefficient (Wildman–Crippen LogP) is 3.19. The summed E-state index contributed by atoms with van der Waals surface area (Å²) in [6.07, 6.45) is 3.26. The van der Waals surface area contributed by atoms with Crippen LogP contribution in [0.4, 0.5) is 5.95 Å². The number of piperidine rings is 1. The largest absolute Gasteiger partial charge is 0.461 e. The molecule has 0 bridgehead atoms. The molecule has 0 aliphatic carbocycles. The number of nitrogens with zero attached hydrogens (tertiary/aromatic N) is 5. The van der Waals surface area contributed by atoms with Gasteiger partial charge in [0.25, 0.3) is 0 Å². The van der Waals surface area contributed by atoms with Crippen LogP contribution >= 0.6 is 0 Å². The Kier molecular flexibility index (Phi) is 3.66. The van der Waals surface area contributed by atoms with E-state index in [0.29, 0.717) is 24.8 Å². The number of aromatic nitrogens is 4. The van der Waals surface area contributed by atoms with Crippen LogP contribution in [0.25, 0.3) is 28.1 Å². The van der Waals surface area contributed by atoms with Gasteiger partial charge in [0.2, 0.25) is 11.8 Å². The normalized spacial score (nSPS) is 19.0. The van der Waals surface area contributed by atoms with Crippen molar-refractivity contribution in [1.29, 1.82) is 0 Å². The van der Waals surface area contributed by atoms with Crippen LogP contribution in [-0.2, 0) is 9.47 Å². The van der Waals surface area contributed by atoms with Crippen molar-refractivity contribution in [1.82, 2.24) is 19.6 Å². The number of benzene rings is 1. The minimum Gasteiger partial charge on any atom is -0.461 e. The van der Waals surface area contributed by atoms with Gasteiger partial charge in [-0.15, -0.1) is 10.2 Å². The zero-order chi connectivity index (χ0) is 19.4. The van der Waals surface area contributed by atoms with Gasteiger partial charge in [0.15, 0.2) is 17.2 Å². The van der Waals surface area contributed by atoms with Crippen LogP contribution in [0.2, 0.25) is 0 Å². The third kappa shape index (κ3) is 2.63. The summed E-state index contributed by atoms with van der Waals surface area (Å²) in [6, 6.07) is 9.97. The smallest absolute Gasteiger partial charge is 0.213 e. The summed E-state index contributed by atoms with van der Waals surface area (Å²) in [5, 5.41) is 9.94. The molecular formula is C21H21N5O3. The SMILES string of the molecule is Cc1ccc2nc(N3CCC4(CC3)OCCO4)n3c(-c4ccco4)nnc3c2c1. The molecule has 5 heterocycles. The molecule has 4 aromatic rings. The minimum atomic E-state index is -0.430. The fourth-order valence-corrected chi connectivity index (χ4v) is 4.34. The summed E-state index contributed by atoms with van der Waals surface area (Å²) in [7, 11) is 0. The number of hydrogen-bond acceptors (Lipinski definition) is 7. The number of aryl methyl sites for hydroxylation is 1. The van der Waals surface area contributed by atoms with Crippen molar-refractivity contribution in [2.24, 2.45) is 0 Å². The van der Waals surface area contributed by atoms with Crippen LogP contribution in [0.15, 0.2) is 41.0 Å². The van der Waals surface area contributed by atoms with Crippen LogP contribution < -0.4 is 4.90 Å². The van der Waals surface area contributed by atoms with Crippen molar-refractivity contribution in [3.63, 3.8) is 0 Å². The lowest BCUT2D eigenvalue weighted by Crippen LogP contribution is -2.46. The second-order valence-electron chi connectivity index (χ2n) is 7.69. The Hall–Kier alpha value is -2.97. The molecule has 2 fully saturated rings. The summed E-state index contributed by atoms with van der Waals surface area (Å²) in [4.78, 5) is 7.27. The van der Waals surface area contributed by atoms with Gasteiger partial charge in [-0.1, -0.05) is 11.6 Å². The van der Waals surface area contributed by atoms with Gasteiger partial charge in [-0.2, -0.15) is 0 Å². The number of fused-ring (bicyclic) bond motifs is 3. The Morgan fingerprint density at radius 1 is 1.03 bits per heavy atom. The van der Waals surface area contributed by atoms with E-state index in [0.717, 1.165) is 54.0 Å². The summed E-state index contributed by atoms with van der Waals surface area (Å²) < 4.78 is 19.4. The van der Waals surface area contributed by atoms with E-state index in [-0.39, 0.29) is 0 Å². The van der Waals surface area contributed by atoms with Gasteiger partial charge in [0, 0.05) is 31.3 Å². The Morgan fingerprint density at radius 2 is 1.86 bits per heavy atom. The maximum atomic E-state index is 5.89. The van der Waals surface area contributed by atoms with Gasteiger partial charge in [-0.3, -0.25) is 0 Å².